The first kappa shape index (κ1) is 11.0. The SMILES string of the molecule is CCC(C)C1CCC(CC)C(O)C1. The van der Waals surface area contributed by atoms with Gasteiger partial charge < -0.3 is 5.11 Å². The van der Waals surface area contributed by atoms with E-state index in [1.54, 1.807) is 0 Å². The average Bonchev–Trinajstić information content (AvgIpc) is 2.16. The molecule has 0 aromatic heterocycles. The van der Waals surface area contributed by atoms with E-state index in [4.69, 9.17) is 0 Å². The molecule has 4 atom stereocenters. The van der Waals surface area contributed by atoms with Gasteiger partial charge in [-0.3, -0.25) is 0 Å². The molecule has 1 nitrogen and oxygen atoms in total. The zero-order chi connectivity index (χ0) is 9.84. The Morgan fingerprint density at radius 3 is 2.46 bits per heavy atom. The molecule has 13 heavy (non-hydrogen) atoms. The highest BCUT2D eigenvalue weighted by Gasteiger charge is 2.29. The minimum absolute atomic E-state index is 0.0160. The van der Waals surface area contributed by atoms with Gasteiger partial charge in [0.15, 0.2) is 0 Å². The molecule has 0 spiro atoms. The van der Waals surface area contributed by atoms with Gasteiger partial charge in [0.1, 0.15) is 0 Å². The molecule has 1 aliphatic carbocycles. The Kier molecular flexibility index (Phi) is 4.24. The van der Waals surface area contributed by atoms with Gasteiger partial charge in [-0.15, -0.1) is 0 Å². The van der Waals surface area contributed by atoms with E-state index < -0.39 is 0 Å². The van der Waals surface area contributed by atoms with Crippen LogP contribution in [0.3, 0.4) is 0 Å². The Hall–Kier alpha value is -0.0400. The highest BCUT2D eigenvalue weighted by atomic mass is 16.3. The van der Waals surface area contributed by atoms with E-state index in [-0.39, 0.29) is 6.10 Å². The molecule has 0 heterocycles. The van der Waals surface area contributed by atoms with Crippen LogP contribution in [0.5, 0.6) is 0 Å². The van der Waals surface area contributed by atoms with Crippen molar-refractivity contribution in [1.29, 1.82) is 0 Å². The van der Waals surface area contributed by atoms with Crippen LogP contribution in [-0.4, -0.2) is 11.2 Å². The standard InChI is InChI=1S/C12H24O/c1-4-9(3)11-7-6-10(5-2)12(13)8-11/h9-13H,4-8H2,1-3H3. The van der Waals surface area contributed by atoms with Crippen LogP contribution in [0.1, 0.15) is 52.9 Å². The van der Waals surface area contributed by atoms with E-state index in [1.165, 1.54) is 19.3 Å². The van der Waals surface area contributed by atoms with Crippen molar-refractivity contribution in [3.63, 3.8) is 0 Å². The quantitative estimate of drug-likeness (QED) is 0.714. The summed E-state index contributed by atoms with van der Waals surface area (Å²) in [5.74, 6) is 2.16. The van der Waals surface area contributed by atoms with Crippen LogP contribution in [0.25, 0.3) is 0 Å². The topological polar surface area (TPSA) is 20.2 Å². The predicted molar refractivity (Wildman–Crippen MR) is 56.6 cm³/mol. The van der Waals surface area contributed by atoms with Crippen LogP contribution >= 0.6 is 0 Å². The van der Waals surface area contributed by atoms with Crippen LogP contribution in [-0.2, 0) is 0 Å². The molecule has 0 radical (unpaired) electrons. The lowest BCUT2D eigenvalue weighted by Crippen LogP contribution is -2.31. The van der Waals surface area contributed by atoms with Gasteiger partial charge in [0.25, 0.3) is 0 Å². The van der Waals surface area contributed by atoms with Gasteiger partial charge in [0.2, 0.25) is 0 Å². The fraction of sp³-hybridized carbons (Fsp3) is 1.00. The van der Waals surface area contributed by atoms with Gasteiger partial charge in [-0.25, -0.2) is 0 Å². The second-order valence-electron chi connectivity index (χ2n) is 4.69. The Balaban J connectivity index is 2.40. The molecular weight excluding hydrogens is 160 g/mol. The van der Waals surface area contributed by atoms with Crippen molar-refractivity contribution in [2.24, 2.45) is 17.8 Å². The van der Waals surface area contributed by atoms with Crippen LogP contribution in [0.2, 0.25) is 0 Å². The lowest BCUT2D eigenvalue weighted by atomic mass is 9.73. The lowest BCUT2D eigenvalue weighted by molar-refractivity contribution is 0.0287. The van der Waals surface area contributed by atoms with Gasteiger partial charge in [-0.1, -0.05) is 33.6 Å². The van der Waals surface area contributed by atoms with Gasteiger partial charge in [0, 0.05) is 0 Å². The third-order valence-corrected chi connectivity index (χ3v) is 3.97. The van der Waals surface area contributed by atoms with Crippen LogP contribution in [0.4, 0.5) is 0 Å². The van der Waals surface area contributed by atoms with Crippen LogP contribution < -0.4 is 0 Å². The van der Waals surface area contributed by atoms with Crippen molar-refractivity contribution in [2.45, 2.75) is 59.0 Å². The van der Waals surface area contributed by atoms with E-state index in [0.29, 0.717) is 5.92 Å². The summed E-state index contributed by atoms with van der Waals surface area (Å²) in [4.78, 5) is 0. The predicted octanol–water partition coefficient (Wildman–Crippen LogP) is 3.22. The van der Waals surface area contributed by atoms with Gasteiger partial charge >= 0.3 is 0 Å². The number of aliphatic hydroxyl groups is 1. The van der Waals surface area contributed by atoms with Crippen molar-refractivity contribution in [1.82, 2.24) is 0 Å². The molecule has 4 unspecified atom stereocenters. The summed E-state index contributed by atoms with van der Waals surface area (Å²) in [6.07, 6.45) is 6.02. The summed E-state index contributed by atoms with van der Waals surface area (Å²) < 4.78 is 0. The Labute approximate surface area is 82.5 Å². The number of rotatable bonds is 3. The Morgan fingerprint density at radius 1 is 1.31 bits per heavy atom. The smallest absolute Gasteiger partial charge is 0.0571 e. The lowest BCUT2D eigenvalue weighted by Gasteiger charge is -2.35. The first-order valence-corrected chi connectivity index (χ1v) is 5.87. The maximum atomic E-state index is 9.88. The summed E-state index contributed by atoms with van der Waals surface area (Å²) >= 11 is 0. The third kappa shape index (κ3) is 2.70. The van der Waals surface area contributed by atoms with Crippen molar-refractivity contribution in [3.8, 4) is 0 Å². The van der Waals surface area contributed by atoms with E-state index in [2.05, 4.69) is 20.8 Å². The second kappa shape index (κ2) is 4.99. The van der Waals surface area contributed by atoms with Crippen molar-refractivity contribution in [3.05, 3.63) is 0 Å². The van der Waals surface area contributed by atoms with E-state index in [1.807, 2.05) is 0 Å². The molecule has 1 rings (SSSR count). The molecule has 0 aliphatic heterocycles. The minimum Gasteiger partial charge on any atom is -0.393 e. The maximum absolute atomic E-state index is 9.88. The molecule has 78 valence electrons. The van der Waals surface area contributed by atoms with E-state index in [9.17, 15) is 5.11 Å². The summed E-state index contributed by atoms with van der Waals surface area (Å²) in [5.41, 5.74) is 0. The van der Waals surface area contributed by atoms with E-state index >= 15 is 0 Å². The van der Waals surface area contributed by atoms with Crippen molar-refractivity contribution < 1.29 is 5.11 Å². The van der Waals surface area contributed by atoms with Gasteiger partial charge in [-0.2, -0.15) is 0 Å². The molecule has 1 aliphatic rings. The van der Waals surface area contributed by atoms with Crippen molar-refractivity contribution in [2.75, 3.05) is 0 Å². The van der Waals surface area contributed by atoms with E-state index in [0.717, 1.165) is 24.7 Å². The molecule has 0 saturated heterocycles. The Morgan fingerprint density at radius 2 is 2.00 bits per heavy atom. The van der Waals surface area contributed by atoms with Crippen LogP contribution in [0.15, 0.2) is 0 Å². The summed E-state index contributed by atoms with van der Waals surface area (Å²) in [6, 6.07) is 0. The molecule has 0 amide bonds. The molecule has 0 aromatic carbocycles. The molecule has 1 fully saturated rings. The second-order valence-corrected chi connectivity index (χ2v) is 4.69. The van der Waals surface area contributed by atoms with Crippen molar-refractivity contribution >= 4 is 0 Å². The molecular formula is C12H24O. The fourth-order valence-electron chi connectivity index (χ4n) is 2.57. The highest BCUT2D eigenvalue weighted by Crippen LogP contribution is 2.35. The van der Waals surface area contributed by atoms with Crippen LogP contribution in [0, 0.1) is 17.8 Å². The fourth-order valence-corrected chi connectivity index (χ4v) is 2.57. The average molecular weight is 184 g/mol. The monoisotopic (exact) mass is 184 g/mol. The third-order valence-electron chi connectivity index (χ3n) is 3.97. The first-order chi connectivity index (χ1) is 6.19. The maximum Gasteiger partial charge on any atom is 0.0571 e. The summed E-state index contributed by atoms with van der Waals surface area (Å²) in [7, 11) is 0. The largest absolute Gasteiger partial charge is 0.393 e. The molecule has 0 aromatic rings. The first-order valence-electron chi connectivity index (χ1n) is 5.87. The summed E-state index contributed by atoms with van der Waals surface area (Å²) in [6.45, 7) is 6.77. The molecule has 1 saturated carbocycles. The van der Waals surface area contributed by atoms with Gasteiger partial charge in [0.05, 0.1) is 6.10 Å². The normalized spacial score (nSPS) is 37.4. The van der Waals surface area contributed by atoms with Gasteiger partial charge in [-0.05, 0) is 37.0 Å². The molecule has 1 heteroatoms. The Bertz CT molecular complexity index is 144. The molecule has 1 N–H and O–H groups in total. The summed E-state index contributed by atoms with van der Waals surface area (Å²) in [5, 5.41) is 9.88. The number of hydrogen-bond donors (Lipinski definition) is 1. The minimum atomic E-state index is -0.0160. The molecule has 0 bridgehead atoms. The number of aliphatic hydroxyl groups excluding tert-OH is 1. The zero-order valence-corrected chi connectivity index (χ0v) is 9.29. The number of hydrogen-bond acceptors (Lipinski definition) is 1. The highest BCUT2D eigenvalue weighted by molar-refractivity contribution is 4.81. The zero-order valence-electron chi connectivity index (χ0n) is 9.29.